The number of methoxy groups -OCH3 is 1. The monoisotopic (exact) mass is 186 g/mol. The zero-order chi connectivity index (χ0) is 6.57. The van der Waals surface area contributed by atoms with E-state index in [1.165, 1.54) is 11.8 Å². The van der Waals surface area contributed by atoms with Crippen molar-refractivity contribution in [3.63, 3.8) is 0 Å². The quantitative estimate of drug-likeness (QED) is 0.513. The minimum Gasteiger partial charge on any atom is -0.334 e. The lowest BCUT2D eigenvalue weighted by Gasteiger charge is -1.91. The fourth-order valence-electron chi connectivity index (χ4n) is 0.219. The SMILES string of the molecule is COC(SC)=S(=S)=S. The molecule has 0 rings (SSSR count). The zero-order valence-electron chi connectivity index (χ0n) is 4.54. The van der Waals surface area contributed by atoms with E-state index in [2.05, 4.69) is 0 Å². The second kappa shape index (κ2) is 4.69. The highest BCUT2D eigenvalue weighted by atomic mass is 33.1. The Hall–Kier alpha value is 0.840. The Morgan fingerprint density at radius 1 is 1.62 bits per heavy atom. The summed E-state index contributed by atoms with van der Waals surface area (Å²) in [6.45, 7) is 0. The summed E-state index contributed by atoms with van der Waals surface area (Å²) in [6.07, 6.45) is 1.90. The van der Waals surface area contributed by atoms with Gasteiger partial charge in [0.25, 0.3) is 0 Å². The molecule has 0 N–H and O–H groups in total. The van der Waals surface area contributed by atoms with E-state index in [1.54, 1.807) is 7.11 Å². The Morgan fingerprint density at radius 3 is 2.12 bits per heavy atom. The molecule has 0 saturated carbocycles. The summed E-state index contributed by atoms with van der Waals surface area (Å²) >= 11 is 11.0. The summed E-state index contributed by atoms with van der Waals surface area (Å²) in [5.41, 5.74) is 0. The van der Waals surface area contributed by atoms with Crippen LogP contribution in [0.25, 0.3) is 0 Å². The van der Waals surface area contributed by atoms with Gasteiger partial charge in [0.15, 0.2) is 4.38 Å². The van der Waals surface area contributed by atoms with E-state index in [9.17, 15) is 0 Å². The van der Waals surface area contributed by atoms with E-state index >= 15 is 0 Å². The van der Waals surface area contributed by atoms with Crippen molar-refractivity contribution in [1.29, 1.82) is 0 Å². The molecule has 0 bridgehead atoms. The molecule has 1 nitrogen and oxygen atoms in total. The van der Waals surface area contributed by atoms with E-state index in [0.717, 1.165) is 4.38 Å². The molecule has 0 unspecified atom stereocenters. The first-order valence-electron chi connectivity index (χ1n) is 1.76. The summed E-state index contributed by atoms with van der Waals surface area (Å²) in [7, 11) is 1.06. The molecular weight excluding hydrogens is 180 g/mol. The average Bonchev–Trinajstić information content (AvgIpc) is 1.69. The topological polar surface area (TPSA) is 9.23 Å². The average molecular weight is 186 g/mol. The molecule has 0 radical (unpaired) electrons. The molecule has 0 amide bonds. The van der Waals surface area contributed by atoms with Gasteiger partial charge >= 0.3 is 0 Å². The maximum absolute atomic E-state index is 4.84. The van der Waals surface area contributed by atoms with E-state index in [1.807, 2.05) is 6.26 Å². The molecule has 0 aromatic heterocycles. The second-order valence-electron chi connectivity index (χ2n) is 0.893. The van der Waals surface area contributed by atoms with Crippen molar-refractivity contribution in [1.82, 2.24) is 0 Å². The summed E-state index contributed by atoms with van der Waals surface area (Å²) in [5, 5.41) is 0. The van der Waals surface area contributed by atoms with Gasteiger partial charge in [0.2, 0.25) is 0 Å². The molecular formula is C3H6OS4. The minimum atomic E-state index is -0.529. The van der Waals surface area contributed by atoms with Gasteiger partial charge in [-0.2, -0.15) is 0 Å². The van der Waals surface area contributed by atoms with Gasteiger partial charge in [-0.1, -0.05) is 11.8 Å². The van der Waals surface area contributed by atoms with Crippen molar-refractivity contribution in [3.8, 4) is 0 Å². The molecule has 0 aromatic rings. The molecule has 0 aliphatic heterocycles. The number of hydrogen-bond donors (Lipinski definition) is 0. The summed E-state index contributed by atoms with van der Waals surface area (Å²) in [4.78, 5) is 0. The molecule has 0 spiro atoms. The summed E-state index contributed by atoms with van der Waals surface area (Å²) in [6, 6.07) is 0. The van der Waals surface area contributed by atoms with Gasteiger partial charge in [-0.3, -0.25) is 0 Å². The molecule has 8 heavy (non-hydrogen) atoms. The number of hydrogen-bond acceptors (Lipinski definition) is 4. The van der Waals surface area contributed by atoms with E-state index in [-0.39, 0.29) is 0 Å². The maximum Gasteiger partial charge on any atom is 0.175 e. The van der Waals surface area contributed by atoms with Crippen molar-refractivity contribution in [3.05, 3.63) is 0 Å². The lowest BCUT2D eigenvalue weighted by molar-refractivity contribution is 0.426. The first-order chi connectivity index (χ1) is 3.72. The van der Waals surface area contributed by atoms with E-state index < -0.39 is 7.60 Å². The van der Waals surface area contributed by atoms with Gasteiger partial charge in [0.1, 0.15) is 0 Å². The zero-order valence-corrected chi connectivity index (χ0v) is 7.81. The number of thioether (sulfide) groups is 1. The normalized spacial score (nSPS) is 8.75. The molecule has 0 atom stereocenters. The predicted molar refractivity (Wildman–Crippen MR) is 47.6 cm³/mol. The van der Waals surface area contributed by atoms with Crippen LogP contribution in [-0.4, -0.2) is 17.7 Å². The third kappa shape index (κ3) is 2.99. The molecule has 5 heteroatoms. The van der Waals surface area contributed by atoms with Crippen LogP contribution in [0.5, 0.6) is 0 Å². The first-order valence-corrected chi connectivity index (χ1v) is 6.06. The maximum atomic E-state index is 4.84. The van der Waals surface area contributed by atoms with Crippen molar-refractivity contribution >= 4 is 46.1 Å². The van der Waals surface area contributed by atoms with Crippen LogP contribution in [-0.2, 0) is 34.7 Å². The van der Waals surface area contributed by atoms with Crippen molar-refractivity contribution < 1.29 is 4.74 Å². The molecule has 0 heterocycles. The molecule has 0 aliphatic carbocycles. The van der Waals surface area contributed by atoms with Crippen LogP contribution in [0.3, 0.4) is 0 Å². The van der Waals surface area contributed by atoms with Crippen molar-refractivity contribution in [2.75, 3.05) is 13.4 Å². The van der Waals surface area contributed by atoms with Crippen molar-refractivity contribution in [2.45, 2.75) is 0 Å². The standard InChI is InChI=1S/C3H6OS4/c1-4-3(7-2)8(5)6/h1-2H3. The fourth-order valence-corrected chi connectivity index (χ4v) is 2.70. The van der Waals surface area contributed by atoms with Gasteiger partial charge in [-0.25, -0.2) is 0 Å². The lowest BCUT2D eigenvalue weighted by atomic mass is 11.5. The number of ether oxygens (including phenoxy) is 1. The van der Waals surface area contributed by atoms with Crippen LogP contribution < -0.4 is 0 Å². The lowest BCUT2D eigenvalue weighted by Crippen LogP contribution is -1.92. The smallest absolute Gasteiger partial charge is 0.175 e. The fraction of sp³-hybridized carbons (Fsp3) is 0.667. The molecule has 0 aromatic carbocycles. The highest BCUT2D eigenvalue weighted by Gasteiger charge is 1.86. The Kier molecular flexibility index (Phi) is 5.19. The van der Waals surface area contributed by atoms with Crippen LogP contribution in [0.2, 0.25) is 0 Å². The Bertz CT molecular complexity index is 163. The second-order valence-corrected chi connectivity index (χ2v) is 5.40. The van der Waals surface area contributed by atoms with Gasteiger partial charge in [-0.05, 0) is 36.2 Å². The Labute approximate surface area is 64.2 Å². The van der Waals surface area contributed by atoms with Crippen LogP contribution in [0.1, 0.15) is 0 Å². The molecule has 0 saturated heterocycles. The summed E-state index contributed by atoms with van der Waals surface area (Å²) < 4.78 is 5.60. The van der Waals surface area contributed by atoms with Gasteiger partial charge in [0, 0.05) is 7.11 Å². The van der Waals surface area contributed by atoms with Gasteiger partial charge < -0.3 is 4.74 Å². The first kappa shape index (κ1) is 8.84. The van der Waals surface area contributed by atoms with Gasteiger partial charge in [-0.15, -0.1) is 0 Å². The van der Waals surface area contributed by atoms with Gasteiger partial charge in [0.05, 0.1) is 0 Å². The van der Waals surface area contributed by atoms with Crippen LogP contribution >= 0.6 is 11.8 Å². The highest BCUT2D eigenvalue weighted by Crippen LogP contribution is 1.94. The van der Waals surface area contributed by atoms with E-state index in [0.29, 0.717) is 0 Å². The third-order valence-corrected chi connectivity index (χ3v) is 3.95. The molecule has 0 aliphatic rings. The highest BCUT2D eigenvalue weighted by molar-refractivity contribution is 8.50. The molecule has 48 valence electrons. The van der Waals surface area contributed by atoms with Crippen molar-refractivity contribution in [2.24, 2.45) is 0 Å². The number of rotatable bonds is 0. The Balaban J connectivity index is 4.34. The predicted octanol–water partition coefficient (Wildman–Crippen LogP) is 0.625. The van der Waals surface area contributed by atoms with Crippen LogP contribution in [0.4, 0.5) is 0 Å². The minimum absolute atomic E-state index is 0.529. The van der Waals surface area contributed by atoms with Crippen LogP contribution in [0, 0.1) is 0 Å². The third-order valence-electron chi connectivity index (χ3n) is 0.469. The summed E-state index contributed by atoms with van der Waals surface area (Å²) in [5.74, 6) is 0. The van der Waals surface area contributed by atoms with Crippen LogP contribution in [0.15, 0.2) is 0 Å². The Morgan fingerprint density at radius 2 is 2.12 bits per heavy atom. The molecule has 0 fully saturated rings. The largest absolute Gasteiger partial charge is 0.334 e. The van der Waals surface area contributed by atoms with E-state index in [4.69, 9.17) is 27.1 Å².